The summed E-state index contributed by atoms with van der Waals surface area (Å²) in [5.41, 5.74) is 2.07. The molecule has 1 aliphatic heterocycles. The predicted octanol–water partition coefficient (Wildman–Crippen LogP) is 1.84. The molecule has 1 aliphatic rings. The predicted molar refractivity (Wildman–Crippen MR) is 56.1 cm³/mol. The number of hydrogen-bond donors (Lipinski definition) is 1. The van der Waals surface area contributed by atoms with E-state index < -0.39 is 0 Å². The van der Waals surface area contributed by atoms with E-state index in [4.69, 9.17) is 0 Å². The molecule has 78 valence electrons. The zero-order valence-corrected chi connectivity index (χ0v) is 8.50. The molecule has 0 saturated carbocycles. The monoisotopic (exact) mass is 205 g/mol. The molecule has 2 aromatic rings. The zero-order chi connectivity index (χ0) is 10.4. The molecule has 0 saturated heterocycles. The number of nitrogens with zero attached hydrogens (tertiary/aromatic N) is 2. The lowest BCUT2D eigenvalue weighted by Crippen LogP contribution is -2.31. The van der Waals surface area contributed by atoms with Crippen LogP contribution in [0.3, 0.4) is 0 Å². The van der Waals surface area contributed by atoms with Gasteiger partial charge in [0.15, 0.2) is 0 Å². The van der Waals surface area contributed by atoms with Crippen molar-refractivity contribution in [1.82, 2.24) is 14.9 Å². The van der Waals surface area contributed by atoms with Crippen molar-refractivity contribution in [2.24, 2.45) is 0 Å². The molecule has 0 amide bonds. The van der Waals surface area contributed by atoms with Gasteiger partial charge < -0.3 is 9.88 Å². The number of halogens is 1. The molecule has 4 heteroatoms. The van der Waals surface area contributed by atoms with Crippen LogP contribution < -0.4 is 5.32 Å². The summed E-state index contributed by atoms with van der Waals surface area (Å²) >= 11 is 0. The Balaban J connectivity index is 2.32. The maximum atomic E-state index is 13.0. The maximum absolute atomic E-state index is 13.0. The van der Waals surface area contributed by atoms with Gasteiger partial charge in [0, 0.05) is 30.2 Å². The molecule has 1 N–H and O–H groups in total. The first kappa shape index (κ1) is 8.85. The van der Waals surface area contributed by atoms with E-state index >= 15 is 0 Å². The van der Waals surface area contributed by atoms with Crippen LogP contribution >= 0.6 is 0 Å². The second-order valence-corrected chi connectivity index (χ2v) is 4.05. The van der Waals surface area contributed by atoms with Crippen LogP contribution in [0, 0.1) is 5.82 Å². The van der Waals surface area contributed by atoms with Crippen molar-refractivity contribution in [2.45, 2.75) is 19.5 Å². The van der Waals surface area contributed by atoms with E-state index in [1.165, 1.54) is 11.9 Å². The third-order valence-electron chi connectivity index (χ3n) is 2.91. The van der Waals surface area contributed by atoms with Gasteiger partial charge in [-0.3, -0.25) is 0 Å². The Kier molecular flexibility index (Phi) is 1.79. The largest absolute Gasteiger partial charge is 0.324 e. The van der Waals surface area contributed by atoms with Gasteiger partial charge in [0.1, 0.15) is 11.5 Å². The molecule has 3 heterocycles. The van der Waals surface area contributed by atoms with E-state index in [1.54, 1.807) is 6.07 Å². The summed E-state index contributed by atoms with van der Waals surface area (Å²) in [6.45, 7) is 3.91. The summed E-state index contributed by atoms with van der Waals surface area (Å²) in [4.78, 5) is 4.16. The van der Waals surface area contributed by atoms with Crippen LogP contribution in [0.15, 0.2) is 18.3 Å². The summed E-state index contributed by atoms with van der Waals surface area (Å²) in [7, 11) is 0. The first-order chi connectivity index (χ1) is 7.25. The first-order valence-corrected chi connectivity index (χ1v) is 5.12. The minimum atomic E-state index is -0.272. The Bertz CT molecular complexity index is 518. The van der Waals surface area contributed by atoms with Gasteiger partial charge in [-0.2, -0.15) is 0 Å². The quantitative estimate of drug-likeness (QED) is 0.711. The Hall–Kier alpha value is -1.42. The summed E-state index contributed by atoms with van der Waals surface area (Å²) in [6.07, 6.45) is 1.28. The molecule has 3 nitrogen and oxygen atoms in total. The molecule has 15 heavy (non-hydrogen) atoms. The van der Waals surface area contributed by atoms with Gasteiger partial charge in [0.2, 0.25) is 0 Å². The Morgan fingerprint density at radius 3 is 3.27 bits per heavy atom. The van der Waals surface area contributed by atoms with Gasteiger partial charge in [-0.1, -0.05) is 0 Å². The minimum Gasteiger partial charge on any atom is -0.324 e. The van der Waals surface area contributed by atoms with Gasteiger partial charge in [-0.25, -0.2) is 9.37 Å². The number of pyridine rings is 1. The van der Waals surface area contributed by atoms with Crippen LogP contribution in [0.4, 0.5) is 4.39 Å². The summed E-state index contributed by atoms with van der Waals surface area (Å²) in [5, 5.41) is 4.21. The molecule has 3 rings (SSSR count). The highest BCUT2D eigenvalue weighted by Crippen LogP contribution is 2.25. The van der Waals surface area contributed by atoms with Crippen molar-refractivity contribution in [3.8, 4) is 0 Å². The van der Waals surface area contributed by atoms with Crippen LogP contribution in [0.1, 0.15) is 18.7 Å². The van der Waals surface area contributed by atoms with Crippen LogP contribution in [0.2, 0.25) is 0 Å². The molecule has 0 spiro atoms. The standard InChI is InChI=1S/C11H12FN3/c1-7-4-13-6-10-3-8-2-9(12)5-14-11(8)15(7)10/h2-3,5,7,13H,4,6H2,1H3/t7-/m1/s1. The number of rotatable bonds is 0. The molecule has 0 unspecified atom stereocenters. The van der Waals surface area contributed by atoms with Crippen LogP contribution in [-0.4, -0.2) is 16.1 Å². The van der Waals surface area contributed by atoms with Crippen molar-refractivity contribution in [3.63, 3.8) is 0 Å². The van der Waals surface area contributed by atoms with Crippen molar-refractivity contribution < 1.29 is 4.39 Å². The van der Waals surface area contributed by atoms with Gasteiger partial charge in [0.05, 0.1) is 6.20 Å². The van der Waals surface area contributed by atoms with Crippen molar-refractivity contribution >= 4 is 11.0 Å². The van der Waals surface area contributed by atoms with Gasteiger partial charge in [0.25, 0.3) is 0 Å². The van der Waals surface area contributed by atoms with Crippen LogP contribution in [0.25, 0.3) is 11.0 Å². The fourth-order valence-corrected chi connectivity index (χ4v) is 2.27. The lowest BCUT2D eigenvalue weighted by atomic mass is 10.2. The average Bonchev–Trinajstić information content (AvgIpc) is 2.56. The fraction of sp³-hybridized carbons (Fsp3) is 0.364. The van der Waals surface area contributed by atoms with E-state index in [-0.39, 0.29) is 5.82 Å². The highest BCUT2D eigenvalue weighted by Gasteiger charge is 2.18. The lowest BCUT2D eigenvalue weighted by Gasteiger charge is -2.24. The summed E-state index contributed by atoms with van der Waals surface area (Å²) < 4.78 is 15.2. The van der Waals surface area contributed by atoms with Gasteiger partial charge in [-0.15, -0.1) is 0 Å². The van der Waals surface area contributed by atoms with E-state index in [9.17, 15) is 4.39 Å². The smallest absolute Gasteiger partial charge is 0.142 e. The van der Waals surface area contributed by atoms with Crippen molar-refractivity contribution in [2.75, 3.05) is 6.54 Å². The van der Waals surface area contributed by atoms with Gasteiger partial charge >= 0.3 is 0 Å². The molecule has 0 fully saturated rings. The molecule has 0 bridgehead atoms. The highest BCUT2D eigenvalue weighted by atomic mass is 19.1. The molecular weight excluding hydrogens is 193 g/mol. The summed E-state index contributed by atoms with van der Waals surface area (Å²) in [6, 6.07) is 3.93. The highest BCUT2D eigenvalue weighted by molar-refractivity contribution is 5.77. The molecule has 0 radical (unpaired) electrons. The second kappa shape index (κ2) is 3.03. The SMILES string of the molecule is C[C@@H]1CNCc2cc3cc(F)cnc3n21. The zero-order valence-electron chi connectivity index (χ0n) is 8.50. The average molecular weight is 205 g/mol. The number of fused-ring (bicyclic) bond motifs is 3. The third kappa shape index (κ3) is 1.25. The van der Waals surface area contributed by atoms with E-state index in [0.717, 1.165) is 24.1 Å². The normalized spacial score (nSPS) is 20.5. The fourth-order valence-electron chi connectivity index (χ4n) is 2.27. The maximum Gasteiger partial charge on any atom is 0.142 e. The molecule has 2 aromatic heterocycles. The van der Waals surface area contributed by atoms with Gasteiger partial charge in [-0.05, 0) is 19.1 Å². The molecule has 0 aliphatic carbocycles. The first-order valence-electron chi connectivity index (χ1n) is 5.12. The Morgan fingerprint density at radius 2 is 2.40 bits per heavy atom. The minimum absolute atomic E-state index is 0.272. The molecular formula is C11H12FN3. The molecule has 1 atom stereocenters. The Labute approximate surface area is 86.9 Å². The third-order valence-corrected chi connectivity index (χ3v) is 2.91. The van der Waals surface area contributed by atoms with Crippen molar-refractivity contribution in [1.29, 1.82) is 0 Å². The van der Waals surface area contributed by atoms with E-state index in [0.29, 0.717) is 6.04 Å². The second-order valence-electron chi connectivity index (χ2n) is 4.05. The van der Waals surface area contributed by atoms with E-state index in [2.05, 4.69) is 21.8 Å². The number of nitrogens with one attached hydrogen (secondary N) is 1. The van der Waals surface area contributed by atoms with Crippen molar-refractivity contribution in [3.05, 3.63) is 29.8 Å². The van der Waals surface area contributed by atoms with Crippen LogP contribution in [-0.2, 0) is 6.54 Å². The topological polar surface area (TPSA) is 29.9 Å². The van der Waals surface area contributed by atoms with E-state index in [1.807, 2.05) is 6.07 Å². The Morgan fingerprint density at radius 1 is 1.53 bits per heavy atom. The lowest BCUT2D eigenvalue weighted by molar-refractivity contribution is 0.437. The van der Waals surface area contributed by atoms with Crippen LogP contribution in [0.5, 0.6) is 0 Å². The number of aromatic nitrogens is 2. The summed E-state index contributed by atoms with van der Waals surface area (Å²) in [5.74, 6) is -0.272. The molecule has 0 aromatic carbocycles. The number of hydrogen-bond acceptors (Lipinski definition) is 2.